The maximum absolute atomic E-state index is 14.1. The number of hydrogen-bond donors (Lipinski definition) is 0. The molecule has 0 aliphatic carbocycles. The average molecular weight is 626 g/mol. The van der Waals surface area contributed by atoms with Crippen LogP contribution in [-0.2, 0) is 9.53 Å². The number of carbonyl (C=O) groups is 1. The number of furan rings is 1. The van der Waals surface area contributed by atoms with Gasteiger partial charge >= 0.3 is 5.97 Å². The van der Waals surface area contributed by atoms with Crippen LogP contribution in [-0.4, -0.2) is 22.1 Å². The number of fused-ring (bicyclic) bond motifs is 1. The van der Waals surface area contributed by atoms with Crippen LogP contribution in [0.15, 0.2) is 105 Å². The normalized spacial score (nSPS) is 14.7. The topological polar surface area (TPSA) is 117 Å². The molecule has 0 N–H and O–H groups in total. The summed E-state index contributed by atoms with van der Waals surface area (Å²) in [6.45, 7) is 3.53. The smallest absolute Gasteiger partial charge is 0.338 e. The molecule has 44 heavy (non-hydrogen) atoms. The maximum Gasteiger partial charge on any atom is 0.338 e. The number of hydrogen-bond acceptors (Lipinski definition) is 8. The lowest BCUT2D eigenvalue weighted by atomic mass is 9.93. The first-order chi connectivity index (χ1) is 21.3. The van der Waals surface area contributed by atoms with Gasteiger partial charge in [0.25, 0.3) is 11.2 Å². The number of ether oxygens (including phenoxy) is 1. The quantitative estimate of drug-likeness (QED) is 0.123. The molecule has 0 spiro atoms. The summed E-state index contributed by atoms with van der Waals surface area (Å²) in [5.41, 5.74) is 2.69. The van der Waals surface area contributed by atoms with Gasteiger partial charge in [-0.1, -0.05) is 77.5 Å². The summed E-state index contributed by atoms with van der Waals surface area (Å²) in [6.07, 6.45) is 1.61. The van der Waals surface area contributed by atoms with Crippen molar-refractivity contribution < 1.29 is 18.9 Å². The van der Waals surface area contributed by atoms with Crippen molar-refractivity contribution in [3.63, 3.8) is 0 Å². The van der Waals surface area contributed by atoms with Crippen LogP contribution < -0.4 is 14.9 Å². The van der Waals surface area contributed by atoms with Gasteiger partial charge in [0.1, 0.15) is 11.5 Å². The summed E-state index contributed by atoms with van der Waals surface area (Å²) < 4.78 is 13.3. The van der Waals surface area contributed by atoms with Gasteiger partial charge in [0, 0.05) is 33.9 Å². The lowest BCUT2D eigenvalue weighted by molar-refractivity contribution is -0.385. The highest BCUT2D eigenvalue weighted by molar-refractivity contribution is 7.07. The summed E-state index contributed by atoms with van der Waals surface area (Å²) in [7, 11) is 0. The van der Waals surface area contributed by atoms with E-state index in [1.54, 1.807) is 68.5 Å². The van der Waals surface area contributed by atoms with Gasteiger partial charge in [0.15, 0.2) is 4.80 Å². The Hall–Kier alpha value is -5.06. The largest absolute Gasteiger partial charge is 0.463 e. The SMILES string of the molecule is CCOC(=O)C1=C(c2ccccc2)N=c2s/c(=C\c3ccc(-c4cccc([N+](=O)[O-])c4C)o3)c(=O)n2[C@H]1c1ccc(Cl)cc1. The summed E-state index contributed by atoms with van der Waals surface area (Å²) in [4.78, 5) is 43.8. The molecule has 220 valence electrons. The van der Waals surface area contributed by atoms with Crippen LogP contribution in [0.25, 0.3) is 23.1 Å². The summed E-state index contributed by atoms with van der Waals surface area (Å²) in [5, 5.41) is 11.9. The fraction of sp³-hybridized carbons (Fsp3) is 0.121. The van der Waals surface area contributed by atoms with Crippen molar-refractivity contribution in [1.29, 1.82) is 0 Å². The van der Waals surface area contributed by atoms with Crippen molar-refractivity contribution >= 4 is 46.4 Å². The highest BCUT2D eigenvalue weighted by Crippen LogP contribution is 2.36. The molecule has 3 heterocycles. The Morgan fingerprint density at radius 3 is 2.55 bits per heavy atom. The van der Waals surface area contributed by atoms with E-state index in [1.807, 2.05) is 30.3 Å². The second kappa shape index (κ2) is 11.9. The number of esters is 1. The van der Waals surface area contributed by atoms with E-state index in [9.17, 15) is 19.7 Å². The first-order valence-electron chi connectivity index (χ1n) is 13.6. The van der Waals surface area contributed by atoms with Gasteiger partial charge in [-0.15, -0.1) is 0 Å². The molecule has 0 bridgehead atoms. The Morgan fingerprint density at radius 1 is 1.09 bits per heavy atom. The first kappa shape index (κ1) is 29.0. The Bertz CT molecular complexity index is 2130. The molecule has 9 nitrogen and oxygen atoms in total. The van der Waals surface area contributed by atoms with Gasteiger partial charge in [-0.2, -0.15) is 0 Å². The van der Waals surface area contributed by atoms with E-state index in [2.05, 4.69) is 0 Å². The van der Waals surface area contributed by atoms with Crippen molar-refractivity contribution in [2.75, 3.05) is 6.61 Å². The molecular formula is C33H24ClN3O6S. The lowest BCUT2D eigenvalue weighted by Crippen LogP contribution is -2.39. The molecule has 0 unspecified atom stereocenters. The monoisotopic (exact) mass is 625 g/mol. The summed E-state index contributed by atoms with van der Waals surface area (Å²) >= 11 is 7.36. The van der Waals surface area contributed by atoms with Crippen LogP contribution >= 0.6 is 22.9 Å². The number of carbonyl (C=O) groups excluding carboxylic acids is 1. The number of nitro benzene ring substituents is 1. The highest BCUT2D eigenvalue weighted by Gasteiger charge is 2.35. The standard InChI is InChI=1S/C33H24ClN3O6S/c1-3-42-32(39)28-29(20-8-5-4-6-9-20)35-33-36(30(28)21-12-14-22(34)15-13-21)31(38)27(44-33)18-23-16-17-26(43-23)24-10-7-11-25(19(24)2)37(40)41/h4-18,30H,3H2,1-2H3/b27-18-/t30-/m0/s1. The zero-order valence-corrected chi connectivity index (χ0v) is 25.1. The molecule has 3 aromatic carbocycles. The van der Waals surface area contributed by atoms with E-state index in [0.717, 1.165) is 0 Å². The van der Waals surface area contributed by atoms with Crippen LogP contribution in [0.4, 0.5) is 5.69 Å². The number of halogens is 1. The minimum Gasteiger partial charge on any atom is -0.463 e. The molecule has 6 rings (SSSR count). The predicted octanol–water partition coefficient (Wildman–Crippen LogP) is 6.07. The lowest BCUT2D eigenvalue weighted by Gasteiger charge is -2.25. The van der Waals surface area contributed by atoms with Crippen LogP contribution in [0.1, 0.15) is 35.4 Å². The summed E-state index contributed by atoms with van der Waals surface area (Å²) in [6, 6.07) is 23.6. The van der Waals surface area contributed by atoms with Gasteiger partial charge in [-0.05, 0) is 43.7 Å². The van der Waals surface area contributed by atoms with Crippen LogP contribution in [0.3, 0.4) is 0 Å². The van der Waals surface area contributed by atoms with E-state index in [1.165, 1.54) is 22.0 Å². The number of rotatable bonds is 7. The molecule has 0 saturated carbocycles. The van der Waals surface area contributed by atoms with Gasteiger partial charge in [0.2, 0.25) is 0 Å². The zero-order valence-electron chi connectivity index (χ0n) is 23.5. The van der Waals surface area contributed by atoms with Crippen LogP contribution in [0.2, 0.25) is 5.02 Å². The van der Waals surface area contributed by atoms with Gasteiger partial charge < -0.3 is 9.15 Å². The maximum atomic E-state index is 14.1. The summed E-state index contributed by atoms with van der Waals surface area (Å²) in [5.74, 6) is 0.236. The number of thiazole rings is 1. The predicted molar refractivity (Wildman–Crippen MR) is 168 cm³/mol. The molecular weight excluding hydrogens is 602 g/mol. The highest BCUT2D eigenvalue weighted by atomic mass is 35.5. The fourth-order valence-electron chi connectivity index (χ4n) is 5.19. The second-order valence-electron chi connectivity index (χ2n) is 9.89. The zero-order chi connectivity index (χ0) is 31.0. The van der Waals surface area contributed by atoms with Crippen molar-refractivity contribution in [2.45, 2.75) is 19.9 Å². The van der Waals surface area contributed by atoms with Crippen molar-refractivity contribution in [2.24, 2.45) is 4.99 Å². The second-order valence-corrected chi connectivity index (χ2v) is 11.3. The fourth-order valence-corrected chi connectivity index (χ4v) is 6.30. The molecule has 5 aromatic rings. The van der Waals surface area contributed by atoms with Gasteiger partial charge in [0.05, 0.1) is 33.4 Å². The van der Waals surface area contributed by atoms with E-state index < -0.39 is 16.9 Å². The molecule has 0 fully saturated rings. The molecule has 2 aromatic heterocycles. The molecule has 0 radical (unpaired) electrons. The van der Waals surface area contributed by atoms with E-state index >= 15 is 0 Å². The molecule has 1 aliphatic heterocycles. The molecule has 1 atom stereocenters. The van der Waals surface area contributed by atoms with Crippen LogP contribution in [0, 0.1) is 17.0 Å². The number of nitro groups is 1. The van der Waals surface area contributed by atoms with Crippen molar-refractivity contribution in [1.82, 2.24) is 4.57 Å². The minimum absolute atomic E-state index is 0.0115. The van der Waals surface area contributed by atoms with Crippen molar-refractivity contribution in [3.8, 4) is 11.3 Å². The molecule has 1 aliphatic rings. The third kappa shape index (κ3) is 5.29. The van der Waals surface area contributed by atoms with Gasteiger partial charge in [-0.25, -0.2) is 9.79 Å². The van der Waals surface area contributed by atoms with Crippen molar-refractivity contribution in [3.05, 3.63) is 148 Å². The first-order valence-corrected chi connectivity index (χ1v) is 14.8. The number of benzene rings is 3. The molecule has 0 saturated heterocycles. The third-order valence-corrected chi connectivity index (χ3v) is 8.46. The van der Waals surface area contributed by atoms with E-state index in [-0.39, 0.29) is 23.4 Å². The Labute approximate surface area is 259 Å². The third-order valence-electron chi connectivity index (χ3n) is 7.23. The minimum atomic E-state index is -0.834. The number of aromatic nitrogens is 1. The molecule has 11 heteroatoms. The Kier molecular flexibility index (Phi) is 7.86. The van der Waals surface area contributed by atoms with E-state index in [4.69, 9.17) is 25.7 Å². The van der Waals surface area contributed by atoms with E-state index in [0.29, 0.717) is 53.8 Å². The average Bonchev–Trinajstić information content (AvgIpc) is 3.61. The Balaban J connectivity index is 1.54. The van der Waals surface area contributed by atoms with Crippen LogP contribution in [0.5, 0.6) is 0 Å². The number of nitrogens with zero attached hydrogens (tertiary/aromatic N) is 3. The van der Waals surface area contributed by atoms with Gasteiger partial charge in [-0.3, -0.25) is 19.5 Å². The Morgan fingerprint density at radius 2 is 1.84 bits per heavy atom. The molecule has 0 amide bonds.